The van der Waals surface area contributed by atoms with E-state index >= 15 is 0 Å². The molecule has 0 saturated heterocycles. The third-order valence-electron chi connectivity index (χ3n) is 2.54. The third kappa shape index (κ3) is 4.68. The van der Waals surface area contributed by atoms with Gasteiger partial charge in [0.2, 0.25) is 5.91 Å². The number of rotatable bonds is 6. The molecule has 1 aromatic rings. The van der Waals surface area contributed by atoms with Crippen LogP contribution < -0.4 is 10.6 Å². The summed E-state index contributed by atoms with van der Waals surface area (Å²) in [6.45, 7) is 1.24. The van der Waals surface area contributed by atoms with Gasteiger partial charge in [-0.25, -0.2) is 9.18 Å². The highest BCUT2D eigenvalue weighted by atomic mass is 19.1. The number of hydrogen-bond acceptors (Lipinski definition) is 3. The standard InChI is InChI=1S/C13H15FN2O4/c1-2-10(13(19)20)16-11(17)7-15-12(18)8-4-3-5-9(14)6-8/h3-6,10H,2,7H2,1H3,(H,15,18)(H,16,17)(H,19,20)/t10-/m1/s1. The summed E-state index contributed by atoms with van der Waals surface area (Å²) in [4.78, 5) is 33.8. The maximum absolute atomic E-state index is 12.9. The van der Waals surface area contributed by atoms with E-state index < -0.39 is 29.6 Å². The van der Waals surface area contributed by atoms with Crippen LogP contribution in [0.15, 0.2) is 24.3 Å². The van der Waals surface area contributed by atoms with Crippen molar-refractivity contribution >= 4 is 17.8 Å². The van der Waals surface area contributed by atoms with E-state index in [2.05, 4.69) is 10.6 Å². The fourth-order valence-corrected chi connectivity index (χ4v) is 1.48. The highest BCUT2D eigenvalue weighted by molar-refractivity contribution is 5.96. The monoisotopic (exact) mass is 282 g/mol. The molecule has 1 atom stereocenters. The number of carbonyl (C=O) groups excluding carboxylic acids is 2. The molecular formula is C13H15FN2O4. The van der Waals surface area contributed by atoms with Crippen LogP contribution in [-0.4, -0.2) is 35.5 Å². The fourth-order valence-electron chi connectivity index (χ4n) is 1.48. The van der Waals surface area contributed by atoms with Gasteiger partial charge in [-0.1, -0.05) is 13.0 Å². The Kier molecular flexibility index (Phi) is 5.64. The van der Waals surface area contributed by atoms with E-state index in [0.717, 1.165) is 6.07 Å². The van der Waals surface area contributed by atoms with Crippen molar-refractivity contribution < 1.29 is 23.9 Å². The number of carboxylic acids is 1. The Bertz CT molecular complexity index is 519. The Labute approximate surface area is 115 Å². The lowest BCUT2D eigenvalue weighted by Crippen LogP contribution is -2.45. The van der Waals surface area contributed by atoms with Gasteiger partial charge in [-0.3, -0.25) is 9.59 Å². The van der Waals surface area contributed by atoms with Gasteiger partial charge in [0.1, 0.15) is 11.9 Å². The van der Waals surface area contributed by atoms with Crippen LogP contribution in [0.25, 0.3) is 0 Å². The molecule has 0 saturated carbocycles. The second-order valence-corrected chi connectivity index (χ2v) is 4.06. The van der Waals surface area contributed by atoms with Crippen molar-refractivity contribution in [1.29, 1.82) is 0 Å². The van der Waals surface area contributed by atoms with E-state index in [-0.39, 0.29) is 18.5 Å². The number of hydrogen-bond donors (Lipinski definition) is 3. The zero-order valence-electron chi connectivity index (χ0n) is 10.9. The molecule has 0 radical (unpaired) electrons. The minimum absolute atomic E-state index is 0.0862. The Hall–Kier alpha value is -2.44. The quantitative estimate of drug-likeness (QED) is 0.709. The van der Waals surface area contributed by atoms with Gasteiger partial charge in [0.25, 0.3) is 5.91 Å². The van der Waals surface area contributed by atoms with Crippen LogP contribution in [0.1, 0.15) is 23.7 Å². The van der Waals surface area contributed by atoms with E-state index in [1.54, 1.807) is 6.92 Å². The van der Waals surface area contributed by atoms with Gasteiger partial charge in [0.05, 0.1) is 6.54 Å². The van der Waals surface area contributed by atoms with Crippen LogP contribution in [0.4, 0.5) is 4.39 Å². The van der Waals surface area contributed by atoms with Crippen LogP contribution in [-0.2, 0) is 9.59 Å². The topological polar surface area (TPSA) is 95.5 Å². The SMILES string of the molecule is CC[C@@H](NC(=O)CNC(=O)c1cccc(F)c1)C(=O)O. The lowest BCUT2D eigenvalue weighted by Gasteiger charge is -2.12. The minimum Gasteiger partial charge on any atom is -0.480 e. The lowest BCUT2D eigenvalue weighted by molar-refractivity contribution is -0.141. The van der Waals surface area contributed by atoms with E-state index in [9.17, 15) is 18.8 Å². The Morgan fingerprint density at radius 3 is 2.60 bits per heavy atom. The van der Waals surface area contributed by atoms with Crippen molar-refractivity contribution in [2.45, 2.75) is 19.4 Å². The molecular weight excluding hydrogens is 267 g/mol. The molecule has 0 aliphatic heterocycles. The number of halogens is 1. The average Bonchev–Trinajstić information content (AvgIpc) is 2.41. The molecule has 0 fully saturated rings. The second-order valence-electron chi connectivity index (χ2n) is 4.06. The Morgan fingerprint density at radius 2 is 2.05 bits per heavy atom. The molecule has 7 heteroatoms. The molecule has 1 rings (SSSR count). The summed E-state index contributed by atoms with van der Waals surface area (Å²) in [7, 11) is 0. The fraction of sp³-hybridized carbons (Fsp3) is 0.308. The zero-order valence-corrected chi connectivity index (χ0v) is 10.9. The van der Waals surface area contributed by atoms with E-state index in [1.807, 2.05) is 0 Å². The van der Waals surface area contributed by atoms with E-state index in [0.29, 0.717) is 0 Å². The predicted octanol–water partition coefficient (Wildman–Crippen LogP) is 0.535. The number of carbonyl (C=O) groups is 3. The number of amides is 2. The number of aliphatic carboxylic acids is 1. The molecule has 0 aromatic heterocycles. The number of nitrogens with one attached hydrogen (secondary N) is 2. The lowest BCUT2D eigenvalue weighted by atomic mass is 10.2. The average molecular weight is 282 g/mol. The van der Waals surface area contributed by atoms with Gasteiger partial charge in [0, 0.05) is 5.56 Å². The summed E-state index contributed by atoms with van der Waals surface area (Å²) >= 11 is 0. The first kappa shape index (κ1) is 15.6. The van der Waals surface area contributed by atoms with Crippen molar-refractivity contribution in [3.8, 4) is 0 Å². The summed E-state index contributed by atoms with van der Waals surface area (Å²) in [5.74, 6) is -2.93. The van der Waals surface area contributed by atoms with Crippen molar-refractivity contribution in [3.63, 3.8) is 0 Å². The second kappa shape index (κ2) is 7.22. The molecule has 0 bridgehead atoms. The molecule has 0 aliphatic rings. The molecule has 0 heterocycles. The van der Waals surface area contributed by atoms with Crippen molar-refractivity contribution in [3.05, 3.63) is 35.6 Å². The molecule has 2 amide bonds. The normalized spacial score (nSPS) is 11.5. The van der Waals surface area contributed by atoms with Crippen LogP contribution in [0, 0.1) is 5.82 Å². The zero-order chi connectivity index (χ0) is 15.1. The molecule has 1 aromatic carbocycles. The van der Waals surface area contributed by atoms with Crippen LogP contribution >= 0.6 is 0 Å². The molecule has 3 N–H and O–H groups in total. The minimum atomic E-state index is -1.14. The molecule has 0 aliphatic carbocycles. The first-order valence-corrected chi connectivity index (χ1v) is 6.00. The summed E-state index contributed by atoms with van der Waals surface area (Å²) in [6, 6.07) is 4.03. The maximum Gasteiger partial charge on any atom is 0.326 e. The van der Waals surface area contributed by atoms with E-state index in [4.69, 9.17) is 5.11 Å². The summed E-state index contributed by atoms with van der Waals surface area (Å²) in [6.07, 6.45) is 0.235. The van der Waals surface area contributed by atoms with Crippen molar-refractivity contribution in [2.24, 2.45) is 0 Å². The van der Waals surface area contributed by atoms with Crippen LogP contribution in [0.2, 0.25) is 0 Å². The van der Waals surface area contributed by atoms with Gasteiger partial charge < -0.3 is 15.7 Å². The van der Waals surface area contributed by atoms with Crippen molar-refractivity contribution in [1.82, 2.24) is 10.6 Å². The first-order valence-electron chi connectivity index (χ1n) is 6.00. The van der Waals surface area contributed by atoms with Crippen LogP contribution in [0.5, 0.6) is 0 Å². The Balaban J connectivity index is 2.49. The van der Waals surface area contributed by atoms with Gasteiger partial charge in [-0.05, 0) is 24.6 Å². The molecule has 108 valence electrons. The van der Waals surface area contributed by atoms with Gasteiger partial charge in [-0.2, -0.15) is 0 Å². The van der Waals surface area contributed by atoms with Gasteiger partial charge in [-0.15, -0.1) is 0 Å². The third-order valence-corrected chi connectivity index (χ3v) is 2.54. The van der Waals surface area contributed by atoms with Gasteiger partial charge in [0.15, 0.2) is 0 Å². The Morgan fingerprint density at radius 1 is 1.35 bits per heavy atom. The van der Waals surface area contributed by atoms with Crippen LogP contribution in [0.3, 0.4) is 0 Å². The smallest absolute Gasteiger partial charge is 0.326 e. The van der Waals surface area contributed by atoms with E-state index in [1.165, 1.54) is 18.2 Å². The molecule has 6 nitrogen and oxygen atoms in total. The summed E-state index contributed by atoms with van der Waals surface area (Å²) < 4.78 is 12.9. The number of carboxylic acid groups (broad SMARTS) is 1. The highest BCUT2D eigenvalue weighted by Crippen LogP contribution is 2.02. The molecule has 0 unspecified atom stereocenters. The van der Waals surface area contributed by atoms with Crippen molar-refractivity contribution in [2.75, 3.05) is 6.54 Å². The highest BCUT2D eigenvalue weighted by Gasteiger charge is 2.17. The summed E-state index contributed by atoms with van der Waals surface area (Å²) in [5.41, 5.74) is 0.0862. The largest absolute Gasteiger partial charge is 0.480 e. The maximum atomic E-state index is 12.9. The van der Waals surface area contributed by atoms with Gasteiger partial charge >= 0.3 is 5.97 Å². The molecule has 20 heavy (non-hydrogen) atoms. The number of benzene rings is 1. The molecule has 0 spiro atoms. The predicted molar refractivity (Wildman–Crippen MR) is 68.6 cm³/mol. The first-order chi connectivity index (χ1) is 9.43. The summed E-state index contributed by atoms with van der Waals surface area (Å²) in [5, 5.41) is 13.3.